The summed E-state index contributed by atoms with van der Waals surface area (Å²) < 4.78 is 15.8. The van der Waals surface area contributed by atoms with Gasteiger partial charge in [-0.1, -0.05) is 12.1 Å². The highest BCUT2D eigenvalue weighted by Crippen LogP contribution is 2.23. The van der Waals surface area contributed by atoms with Gasteiger partial charge in [-0.25, -0.2) is 4.79 Å². The van der Waals surface area contributed by atoms with Crippen molar-refractivity contribution in [3.8, 4) is 17.2 Å². The minimum atomic E-state index is -1.03. The van der Waals surface area contributed by atoms with Crippen molar-refractivity contribution in [1.82, 2.24) is 0 Å². The minimum Gasteiger partial charge on any atom is -0.497 e. The zero-order valence-corrected chi connectivity index (χ0v) is 11.8. The van der Waals surface area contributed by atoms with Gasteiger partial charge in [-0.3, -0.25) is 0 Å². The number of hydrogen-bond acceptors (Lipinski definition) is 4. The molecule has 0 radical (unpaired) electrons. The van der Waals surface area contributed by atoms with E-state index in [1.807, 2.05) is 18.2 Å². The largest absolute Gasteiger partial charge is 0.497 e. The van der Waals surface area contributed by atoms with Crippen LogP contribution in [-0.4, -0.2) is 25.3 Å². The van der Waals surface area contributed by atoms with Gasteiger partial charge in [0.1, 0.15) is 29.4 Å². The molecule has 0 aliphatic rings. The fourth-order valence-electron chi connectivity index (χ4n) is 1.87. The lowest BCUT2D eigenvalue weighted by Gasteiger charge is -2.10. The molecule has 5 heteroatoms. The average Bonchev–Trinajstić information content (AvgIpc) is 2.52. The number of aromatic carboxylic acids is 1. The van der Waals surface area contributed by atoms with Crippen molar-refractivity contribution in [2.45, 2.75) is 6.61 Å². The quantitative estimate of drug-likeness (QED) is 0.885. The molecule has 2 aromatic rings. The van der Waals surface area contributed by atoms with E-state index in [9.17, 15) is 4.79 Å². The van der Waals surface area contributed by atoms with E-state index in [1.54, 1.807) is 31.4 Å². The summed E-state index contributed by atoms with van der Waals surface area (Å²) >= 11 is 0. The molecule has 0 fully saturated rings. The maximum Gasteiger partial charge on any atom is 0.339 e. The summed E-state index contributed by atoms with van der Waals surface area (Å²) in [5.74, 6) is 0.651. The summed E-state index contributed by atoms with van der Waals surface area (Å²) in [6.45, 7) is 0.261. The molecule has 2 aromatic carbocycles. The third-order valence-electron chi connectivity index (χ3n) is 2.94. The van der Waals surface area contributed by atoms with Gasteiger partial charge >= 0.3 is 5.97 Å². The van der Waals surface area contributed by atoms with Crippen LogP contribution in [0.4, 0.5) is 0 Å². The van der Waals surface area contributed by atoms with Crippen molar-refractivity contribution >= 4 is 5.97 Å². The zero-order chi connectivity index (χ0) is 15.2. The van der Waals surface area contributed by atoms with Crippen molar-refractivity contribution in [1.29, 1.82) is 0 Å². The van der Waals surface area contributed by atoms with Crippen LogP contribution in [-0.2, 0) is 6.61 Å². The Morgan fingerprint density at radius 1 is 1.05 bits per heavy atom. The molecule has 0 aromatic heterocycles. The first-order valence-corrected chi connectivity index (χ1v) is 6.31. The van der Waals surface area contributed by atoms with Crippen LogP contribution in [0.2, 0.25) is 0 Å². The lowest BCUT2D eigenvalue weighted by Crippen LogP contribution is -2.03. The van der Waals surface area contributed by atoms with Gasteiger partial charge in [0, 0.05) is 6.07 Å². The van der Waals surface area contributed by atoms with Gasteiger partial charge in [-0.05, 0) is 29.8 Å². The molecule has 0 unspecified atom stereocenters. The van der Waals surface area contributed by atoms with E-state index in [0.29, 0.717) is 17.2 Å². The van der Waals surface area contributed by atoms with E-state index in [4.69, 9.17) is 19.3 Å². The smallest absolute Gasteiger partial charge is 0.339 e. The highest BCUT2D eigenvalue weighted by Gasteiger charge is 2.11. The molecule has 5 nitrogen and oxygen atoms in total. The summed E-state index contributed by atoms with van der Waals surface area (Å²) in [4.78, 5) is 11.2. The topological polar surface area (TPSA) is 65.0 Å². The fourth-order valence-corrected chi connectivity index (χ4v) is 1.87. The molecule has 0 atom stereocenters. The van der Waals surface area contributed by atoms with Gasteiger partial charge in [-0.15, -0.1) is 0 Å². The molecular formula is C16H16O5. The van der Waals surface area contributed by atoms with Crippen molar-refractivity contribution < 1.29 is 24.1 Å². The first-order chi connectivity index (χ1) is 10.1. The van der Waals surface area contributed by atoms with E-state index in [0.717, 1.165) is 5.56 Å². The first-order valence-electron chi connectivity index (χ1n) is 6.31. The Morgan fingerprint density at radius 3 is 2.48 bits per heavy atom. The molecular weight excluding hydrogens is 272 g/mol. The van der Waals surface area contributed by atoms with Crippen molar-refractivity contribution in [3.63, 3.8) is 0 Å². The van der Waals surface area contributed by atoms with Crippen LogP contribution < -0.4 is 14.2 Å². The van der Waals surface area contributed by atoms with Crippen LogP contribution >= 0.6 is 0 Å². The highest BCUT2D eigenvalue weighted by molar-refractivity contribution is 5.91. The van der Waals surface area contributed by atoms with Crippen molar-refractivity contribution in [2.24, 2.45) is 0 Å². The number of ether oxygens (including phenoxy) is 3. The number of methoxy groups -OCH3 is 2. The summed E-state index contributed by atoms with van der Waals surface area (Å²) in [6.07, 6.45) is 0. The molecule has 0 amide bonds. The van der Waals surface area contributed by atoms with Gasteiger partial charge in [0.05, 0.1) is 14.2 Å². The number of hydrogen-bond donors (Lipinski definition) is 1. The number of carbonyl (C=O) groups is 1. The van der Waals surface area contributed by atoms with Gasteiger partial charge in [0.25, 0.3) is 0 Å². The molecule has 0 saturated carbocycles. The molecule has 0 aliphatic heterocycles. The fraction of sp³-hybridized carbons (Fsp3) is 0.188. The summed E-state index contributed by atoms with van der Waals surface area (Å²) in [6, 6.07) is 12.2. The molecule has 0 spiro atoms. The molecule has 21 heavy (non-hydrogen) atoms. The predicted molar refractivity (Wildman–Crippen MR) is 77.3 cm³/mol. The van der Waals surface area contributed by atoms with Gasteiger partial charge < -0.3 is 19.3 Å². The Balaban J connectivity index is 2.12. The Hall–Kier alpha value is -2.69. The van der Waals surface area contributed by atoms with Crippen LogP contribution in [0, 0.1) is 0 Å². The molecule has 0 aliphatic carbocycles. The Morgan fingerprint density at radius 2 is 1.81 bits per heavy atom. The normalized spacial score (nSPS) is 10.0. The van der Waals surface area contributed by atoms with E-state index < -0.39 is 5.97 Å². The van der Waals surface area contributed by atoms with Gasteiger partial charge in [0.2, 0.25) is 0 Å². The third-order valence-corrected chi connectivity index (χ3v) is 2.94. The average molecular weight is 288 g/mol. The second kappa shape index (κ2) is 6.65. The number of benzene rings is 2. The lowest BCUT2D eigenvalue weighted by atomic mass is 10.1. The van der Waals surface area contributed by atoms with E-state index >= 15 is 0 Å². The lowest BCUT2D eigenvalue weighted by molar-refractivity contribution is 0.0693. The summed E-state index contributed by atoms with van der Waals surface area (Å²) in [5.41, 5.74) is 0.861. The minimum absolute atomic E-state index is 0.115. The maximum absolute atomic E-state index is 11.2. The van der Waals surface area contributed by atoms with Crippen LogP contribution in [0.5, 0.6) is 17.2 Å². The van der Waals surface area contributed by atoms with E-state index in [2.05, 4.69) is 0 Å². The molecule has 0 bridgehead atoms. The van der Waals surface area contributed by atoms with Crippen LogP contribution in [0.25, 0.3) is 0 Å². The number of carboxylic acid groups (broad SMARTS) is 1. The summed E-state index contributed by atoms with van der Waals surface area (Å²) in [5, 5.41) is 9.14. The molecule has 110 valence electrons. The highest BCUT2D eigenvalue weighted by atomic mass is 16.5. The van der Waals surface area contributed by atoms with Crippen LogP contribution in [0.15, 0.2) is 42.5 Å². The number of carboxylic acids is 1. The second-order valence-electron chi connectivity index (χ2n) is 4.31. The predicted octanol–water partition coefficient (Wildman–Crippen LogP) is 2.98. The van der Waals surface area contributed by atoms with Crippen LogP contribution in [0.3, 0.4) is 0 Å². The Kier molecular flexibility index (Phi) is 4.66. The Labute approximate surface area is 122 Å². The molecule has 2 rings (SSSR count). The third kappa shape index (κ3) is 3.66. The number of rotatable bonds is 6. The van der Waals surface area contributed by atoms with Crippen molar-refractivity contribution in [2.75, 3.05) is 14.2 Å². The monoisotopic (exact) mass is 288 g/mol. The maximum atomic E-state index is 11.2. The first kappa shape index (κ1) is 14.7. The van der Waals surface area contributed by atoms with Gasteiger partial charge in [0.15, 0.2) is 0 Å². The van der Waals surface area contributed by atoms with Crippen LogP contribution in [0.1, 0.15) is 15.9 Å². The SMILES string of the molecule is COc1cccc(OCc2ccc(OC)c(C(=O)O)c2)c1. The second-order valence-corrected chi connectivity index (χ2v) is 4.31. The van der Waals surface area contributed by atoms with E-state index in [1.165, 1.54) is 7.11 Å². The summed E-state index contributed by atoms with van der Waals surface area (Å²) in [7, 11) is 3.02. The van der Waals surface area contributed by atoms with E-state index in [-0.39, 0.29) is 12.2 Å². The standard InChI is InChI=1S/C16H16O5/c1-19-12-4-3-5-13(9-12)21-10-11-6-7-15(20-2)14(8-11)16(17)18/h3-9H,10H2,1-2H3,(H,17,18). The Bertz CT molecular complexity index is 636. The van der Waals surface area contributed by atoms with Gasteiger partial charge in [-0.2, -0.15) is 0 Å². The molecule has 1 N–H and O–H groups in total. The van der Waals surface area contributed by atoms with Crippen molar-refractivity contribution in [3.05, 3.63) is 53.6 Å². The molecule has 0 saturated heterocycles. The molecule has 0 heterocycles. The zero-order valence-electron chi connectivity index (χ0n) is 11.8.